The molecule has 354 valence electrons. The molecule has 0 unspecified atom stereocenters. The molecular weight excluding hydrogens is 871 g/mol. The van der Waals surface area contributed by atoms with Gasteiger partial charge in [-0.3, -0.25) is 9.88 Å². The minimum Gasteiger partial charge on any atom is -0.497 e. The molecule has 5 aromatic rings. The lowest BCUT2D eigenvalue weighted by molar-refractivity contribution is -0.0928. The van der Waals surface area contributed by atoms with Crippen LogP contribution in [0.25, 0.3) is 11.2 Å². The lowest BCUT2D eigenvalue weighted by atomic mass is 9.80. The molecule has 0 spiro atoms. The minimum absolute atomic E-state index is 0.00419. The highest BCUT2D eigenvalue weighted by atomic mass is 28.4. The molecule has 4 atom stereocenters. The number of carbonyl (C=O) groups is 1. The van der Waals surface area contributed by atoms with Crippen molar-refractivity contribution in [3.63, 3.8) is 0 Å². The summed E-state index contributed by atoms with van der Waals surface area (Å²) in [6.45, 7) is 29.8. The Hall–Kier alpha value is -5.37. The molecule has 1 saturated heterocycles. The Morgan fingerprint density at radius 1 is 0.758 bits per heavy atom. The maximum absolute atomic E-state index is 12.8. The van der Waals surface area contributed by atoms with E-state index < -0.39 is 52.9 Å². The zero-order valence-corrected chi connectivity index (χ0v) is 42.5. The van der Waals surface area contributed by atoms with Crippen LogP contribution in [0.3, 0.4) is 0 Å². The molecule has 16 heteroatoms. The van der Waals surface area contributed by atoms with Crippen molar-refractivity contribution >= 4 is 39.8 Å². The van der Waals surface area contributed by atoms with Gasteiger partial charge in [-0.25, -0.2) is 9.78 Å². The molecular formula is C50H67N5O9Si2. The zero-order chi connectivity index (χ0) is 48.1. The number of imidazole rings is 1. The Morgan fingerprint density at radius 3 is 1.80 bits per heavy atom. The SMILES string of the molecule is C=CCOC(=O)Nc1nc(OCC=C)c2ncn([C@@H]3O[C@H](COC(c4ccccc4)(c4ccc(OC)cc4)c4ccc(OC)cc4)[C@@H](O[Si](C)(C)C(C)(C)C)[C@H]3O[Si](C)(C)C(C)(C)C)c2n1. The average Bonchev–Trinajstić information content (AvgIpc) is 3.85. The molecule has 3 heterocycles. The second-order valence-corrected chi connectivity index (χ2v) is 28.9. The van der Waals surface area contributed by atoms with Crippen LogP contribution in [0.2, 0.25) is 36.3 Å². The molecule has 66 heavy (non-hydrogen) atoms. The molecule has 1 aliphatic heterocycles. The number of ether oxygens (including phenoxy) is 6. The van der Waals surface area contributed by atoms with Gasteiger partial charge in [0.05, 0.1) is 27.2 Å². The number of hydrogen-bond acceptors (Lipinski definition) is 12. The van der Waals surface area contributed by atoms with E-state index in [0.29, 0.717) is 22.7 Å². The highest BCUT2D eigenvalue weighted by molar-refractivity contribution is 6.74. The summed E-state index contributed by atoms with van der Waals surface area (Å²) in [4.78, 5) is 26.9. The van der Waals surface area contributed by atoms with Crippen molar-refractivity contribution in [1.29, 1.82) is 0 Å². The average molecular weight is 938 g/mol. The van der Waals surface area contributed by atoms with Crippen LogP contribution in [0, 0.1) is 0 Å². The lowest BCUT2D eigenvalue weighted by Gasteiger charge is -2.44. The molecule has 0 aliphatic carbocycles. The second kappa shape index (κ2) is 20.2. The number of hydrogen-bond donors (Lipinski definition) is 1. The van der Waals surface area contributed by atoms with Gasteiger partial charge < -0.3 is 37.3 Å². The molecule has 0 radical (unpaired) electrons. The van der Waals surface area contributed by atoms with Gasteiger partial charge in [-0.05, 0) is 77.2 Å². The summed E-state index contributed by atoms with van der Waals surface area (Å²) in [5.74, 6) is 1.51. The van der Waals surface area contributed by atoms with Gasteiger partial charge in [0.25, 0.3) is 0 Å². The third-order valence-electron chi connectivity index (χ3n) is 12.9. The number of aromatic nitrogens is 4. The van der Waals surface area contributed by atoms with Crippen LogP contribution < -0.4 is 19.5 Å². The predicted molar refractivity (Wildman–Crippen MR) is 262 cm³/mol. The van der Waals surface area contributed by atoms with E-state index in [0.717, 1.165) is 16.7 Å². The Kier molecular flexibility index (Phi) is 15.4. The molecule has 1 fully saturated rings. The van der Waals surface area contributed by atoms with Crippen LogP contribution in [-0.2, 0) is 28.7 Å². The van der Waals surface area contributed by atoms with Gasteiger partial charge in [0.1, 0.15) is 48.6 Å². The van der Waals surface area contributed by atoms with Gasteiger partial charge in [-0.15, -0.1) is 0 Å². The Labute approximate surface area is 391 Å². The first kappa shape index (κ1) is 50.1. The Morgan fingerprint density at radius 2 is 1.29 bits per heavy atom. The number of methoxy groups -OCH3 is 2. The molecule has 6 rings (SSSR count). The summed E-state index contributed by atoms with van der Waals surface area (Å²) in [5, 5.41) is 2.26. The third kappa shape index (κ3) is 10.6. The van der Waals surface area contributed by atoms with Crippen molar-refractivity contribution < 1.29 is 42.1 Å². The first-order valence-corrected chi connectivity index (χ1v) is 28.0. The largest absolute Gasteiger partial charge is 0.497 e. The van der Waals surface area contributed by atoms with E-state index in [1.165, 1.54) is 6.08 Å². The first-order chi connectivity index (χ1) is 31.2. The maximum atomic E-state index is 12.8. The van der Waals surface area contributed by atoms with Gasteiger partial charge in [-0.2, -0.15) is 9.97 Å². The summed E-state index contributed by atoms with van der Waals surface area (Å²) in [5.41, 5.74) is 2.19. The van der Waals surface area contributed by atoms with Gasteiger partial charge in [0.2, 0.25) is 11.8 Å². The molecule has 2 aromatic heterocycles. The number of nitrogens with zero attached hydrogens (tertiary/aromatic N) is 4. The smallest absolute Gasteiger partial charge is 0.414 e. The molecule has 14 nitrogen and oxygen atoms in total. The van der Waals surface area contributed by atoms with Crippen molar-refractivity contribution in [2.75, 3.05) is 39.4 Å². The summed E-state index contributed by atoms with van der Waals surface area (Å²) in [6, 6.07) is 26.0. The first-order valence-electron chi connectivity index (χ1n) is 22.2. The summed E-state index contributed by atoms with van der Waals surface area (Å²) < 4.78 is 54.2. The highest BCUT2D eigenvalue weighted by Crippen LogP contribution is 2.48. The fourth-order valence-corrected chi connectivity index (χ4v) is 9.89. The van der Waals surface area contributed by atoms with Gasteiger partial charge in [0, 0.05) is 0 Å². The fraction of sp³-hybridized carbons (Fsp3) is 0.440. The van der Waals surface area contributed by atoms with E-state index >= 15 is 0 Å². The number of fused-ring (bicyclic) bond motifs is 1. The predicted octanol–water partition coefficient (Wildman–Crippen LogP) is 10.8. The van der Waals surface area contributed by atoms with Crippen molar-refractivity contribution in [3.8, 4) is 17.4 Å². The van der Waals surface area contributed by atoms with Crippen molar-refractivity contribution in [3.05, 3.63) is 127 Å². The second-order valence-electron chi connectivity index (χ2n) is 19.4. The Balaban J connectivity index is 1.56. The quantitative estimate of drug-likeness (QED) is 0.0477. The lowest BCUT2D eigenvalue weighted by Crippen LogP contribution is -2.54. The normalized spacial score (nSPS) is 18.2. The van der Waals surface area contributed by atoms with Gasteiger partial charge in [-0.1, -0.05) is 121 Å². The van der Waals surface area contributed by atoms with Crippen LogP contribution in [0.15, 0.2) is 111 Å². The fourth-order valence-electron chi connectivity index (χ4n) is 7.28. The van der Waals surface area contributed by atoms with Crippen molar-refractivity contribution in [1.82, 2.24) is 19.5 Å². The third-order valence-corrected chi connectivity index (χ3v) is 21.9. The monoisotopic (exact) mass is 937 g/mol. The van der Waals surface area contributed by atoms with Crippen LogP contribution in [0.1, 0.15) is 64.5 Å². The molecule has 0 saturated carbocycles. The minimum atomic E-state index is -2.59. The molecule has 0 bridgehead atoms. The number of nitrogens with one attached hydrogen (secondary N) is 1. The summed E-state index contributed by atoms with van der Waals surface area (Å²) in [6.07, 6.45) is 1.10. The van der Waals surface area contributed by atoms with E-state index in [4.69, 9.17) is 47.2 Å². The number of benzene rings is 3. The molecule has 1 aliphatic rings. The number of rotatable bonds is 19. The summed E-state index contributed by atoms with van der Waals surface area (Å²) >= 11 is 0. The topological polar surface area (TPSA) is 147 Å². The molecule has 1 amide bonds. The van der Waals surface area contributed by atoms with Gasteiger partial charge in [0.15, 0.2) is 34.0 Å². The number of anilines is 1. The van der Waals surface area contributed by atoms with Crippen LogP contribution in [0.4, 0.5) is 10.7 Å². The number of amides is 1. The van der Waals surface area contributed by atoms with E-state index in [1.807, 2.05) is 71.3 Å². The van der Waals surface area contributed by atoms with Crippen molar-refractivity contribution in [2.24, 2.45) is 0 Å². The summed E-state index contributed by atoms with van der Waals surface area (Å²) in [7, 11) is -1.85. The standard InChI is InChI=1S/C50H67N5O9Si2/c1-15-30-59-44-40-43(52-46(53-44)54-47(56)60-31-16-2)55(33-51-40)45-42(64-66(13,14)49(6,7)8)41(63-65(11,12)48(3,4)5)39(62-45)32-61-50(34-20-18-17-19-21-34,35-22-26-37(57-9)27-23-35)36-24-28-38(58-10)29-25-36/h15-29,33,39,41-42,45H,1-2,30-32H2,3-14H3,(H,52,53,54,56)/t39-,41-,42-,45-/m1/s1. The van der Waals surface area contributed by atoms with E-state index in [2.05, 4.69) is 103 Å². The maximum Gasteiger partial charge on any atom is 0.414 e. The molecule has 3 aromatic carbocycles. The van der Waals surface area contributed by atoms with Crippen LogP contribution >= 0.6 is 0 Å². The molecule has 1 N–H and O–H groups in total. The number of carbonyl (C=O) groups excluding carboxylic acids is 1. The van der Waals surface area contributed by atoms with E-state index in [-0.39, 0.29) is 41.7 Å². The van der Waals surface area contributed by atoms with E-state index in [1.54, 1.807) is 26.6 Å². The Bertz CT molecular complexity index is 2380. The van der Waals surface area contributed by atoms with Crippen molar-refractivity contribution in [2.45, 2.75) is 108 Å². The van der Waals surface area contributed by atoms with Crippen LogP contribution in [0.5, 0.6) is 17.4 Å². The van der Waals surface area contributed by atoms with E-state index in [9.17, 15) is 4.79 Å². The van der Waals surface area contributed by atoms with Gasteiger partial charge >= 0.3 is 6.09 Å². The van der Waals surface area contributed by atoms with Crippen LogP contribution in [-0.4, -0.2) is 94.6 Å². The highest BCUT2D eigenvalue weighted by Gasteiger charge is 2.55. The zero-order valence-electron chi connectivity index (χ0n) is 40.5.